The third kappa shape index (κ3) is 5.92. The number of rotatable bonds is 9. The van der Waals surface area contributed by atoms with Gasteiger partial charge in [0, 0.05) is 6.54 Å². The van der Waals surface area contributed by atoms with Crippen LogP contribution in [0.2, 0.25) is 0 Å². The number of benzene rings is 2. The van der Waals surface area contributed by atoms with Gasteiger partial charge in [-0.25, -0.2) is 9.07 Å². The molecule has 0 saturated carbocycles. The fraction of sp³-hybridized carbons (Fsp3) is 0.261. The molecule has 0 spiro atoms. The number of carbonyl (C=O) groups excluding carboxylic acids is 2. The minimum Gasteiger partial charge on any atom is -0.497 e. The Morgan fingerprint density at radius 1 is 1.21 bits per heavy atom. The number of hydrogen-bond donors (Lipinski definition) is 2. The molecule has 1 atom stereocenters. The van der Waals surface area contributed by atoms with E-state index in [-0.39, 0.29) is 24.3 Å². The summed E-state index contributed by atoms with van der Waals surface area (Å²) in [5.74, 6) is -1.44. The molecule has 0 aliphatic heterocycles. The molecule has 0 bridgehead atoms. The van der Waals surface area contributed by atoms with Gasteiger partial charge in [-0.15, -0.1) is 5.10 Å². The third-order valence-electron chi connectivity index (χ3n) is 4.94. The lowest BCUT2D eigenvalue weighted by molar-refractivity contribution is 0.0934. The van der Waals surface area contributed by atoms with Gasteiger partial charge < -0.3 is 15.4 Å². The molecule has 2 N–H and O–H groups in total. The summed E-state index contributed by atoms with van der Waals surface area (Å²) in [7, 11) is 1.42. The van der Waals surface area contributed by atoms with Crippen LogP contribution in [0, 0.1) is 17.1 Å². The molecule has 0 saturated heterocycles. The summed E-state index contributed by atoms with van der Waals surface area (Å²) in [6.45, 7) is 2.37. The number of halogens is 1. The Balaban J connectivity index is 1.55. The van der Waals surface area contributed by atoms with Crippen molar-refractivity contribution in [3.05, 3.63) is 76.9 Å². The molecule has 1 heterocycles. The average Bonchev–Trinajstić information content (AvgIpc) is 3.32. The van der Waals surface area contributed by atoms with Gasteiger partial charge in [-0.2, -0.15) is 5.26 Å². The van der Waals surface area contributed by atoms with E-state index in [2.05, 4.69) is 27.0 Å². The quantitative estimate of drug-likeness (QED) is 0.516. The maximum Gasteiger partial charge on any atom is 0.274 e. The van der Waals surface area contributed by atoms with Gasteiger partial charge in [0.2, 0.25) is 0 Å². The summed E-state index contributed by atoms with van der Waals surface area (Å²) in [6, 6.07) is 12.6. The zero-order valence-electron chi connectivity index (χ0n) is 18.2. The highest BCUT2D eigenvalue weighted by Gasteiger charge is 2.18. The second-order valence-electron chi connectivity index (χ2n) is 7.10. The molecular formula is C23H23FN6O3. The Bertz CT molecular complexity index is 1170. The summed E-state index contributed by atoms with van der Waals surface area (Å²) in [5, 5.41) is 22.3. The normalized spacial score (nSPS) is 11.3. The monoisotopic (exact) mass is 450 g/mol. The predicted molar refractivity (Wildman–Crippen MR) is 117 cm³/mol. The van der Waals surface area contributed by atoms with E-state index in [4.69, 9.17) is 4.74 Å². The number of aromatic nitrogens is 3. The second kappa shape index (κ2) is 10.9. The fourth-order valence-corrected chi connectivity index (χ4v) is 3.04. The van der Waals surface area contributed by atoms with E-state index < -0.39 is 23.7 Å². The Labute approximate surface area is 190 Å². The molecule has 170 valence electrons. The predicted octanol–water partition coefficient (Wildman–Crippen LogP) is 2.41. The van der Waals surface area contributed by atoms with Crippen molar-refractivity contribution in [2.24, 2.45) is 0 Å². The Hall–Kier alpha value is -4.26. The van der Waals surface area contributed by atoms with Gasteiger partial charge in [0.15, 0.2) is 5.69 Å². The van der Waals surface area contributed by atoms with E-state index in [1.807, 2.05) is 19.1 Å². The van der Waals surface area contributed by atoms with Crippen LogP contribution in [-0.4, -0.2) is 40.5 Å². The summed E-state index contributed by atoms with van der Waals surface area (Å²) in [5.41, 5.74) is 1.70. The van der Waals surface area contributed by atoms with Crippen LogP contribution < -0.4 is 15.4 Å². The highest BCUT2D eigenvalue weighted by molar-refractivity contribution is 5.95. The van der Waals surface area contributed by atoms with Crippen molar-refractivity contribution in [3.8, 4) is 11.8 Å². The Morgan fingerprint density at radius 2 is 1.97 bits per heavy atom. The van der Waals surface area contributed by atoms with Crippen LogP contribution in [0.25, 0.3) is 0 Å². The number of nitriles is 1. The van der Waals surface area contributed by atoms with Gasteiger partial charge in [-0.1, -0.05) is 36.4 Å². The molecule has 0 radical (unpaired) electrons. The molecule has 1 unspecified atom stereocenters. The number of carbonyl (C=O) groups is 2. The van der Waals surface area contributed by atoms with Crippen LogP contribution in [0.1, 0.15) is 44.9 Å². The van der Waals surface area contributed by atoms with Crippen molar-refractivity contribution in [2.45, 2.75) is 25.9 Å². The molecule has 0 aliphatic carbocycles. The van der Waals surface area contributed by atoms with Crippen LogP contribution in [0.15, 0.2) is 48.7 Å². The first-order valence-electron chi connectivity index (χ1n) is 10.3. The van der Waals surface area contributed by atoms with Crippen molar-refractivity contribution < 1.29 is 18.7 Å². The lowest BCUT2D eigenvalue weighted by atomic mass is 10.0. The Kier molecular flexibility index (Phi) is 7.70. The highest BCUT2D eigenvalue weighted by Crippen LogP contribution is 2.16. The lowest BCUT2D eigenvalue weighted by Crippen LogP contribution is -2.28. The molecule has 1 aromatic heterocycles. The van der Waals surface area contributed by atoms with Crippen molar-refractivity contribution >= 4 is 11.8 Å². The van der Waals surface area contributed by atoms with Crippen LogP contribution in [-0.2, 0) is 13.0 Å². The van der Waals surface area contributed by atoms with Crippen LogP contribution in [0.3, 0.4) is 0 Å². The first kappa shape index (κ1) is 23.4. The number of ether oxygens (including phenoxy) is 1. The number of methoxy groups -OCH3 is 1. The number of amides is 2. The largest absolute Gasteiger partial charge is 0.497 e. The van der Waals surface area contributed by atoms with Gasteiger partial charge in [0.25, 0.3) is 11.8 Å². The van der Waals surface area contributed by atoms with Gasteiger partial charge in [0.05, 0.1) is 31.5 Å². The van der Waals surface area contributed by atoms with Crippen LogP contribution in [0.5, 0.6) is 5.75 Å². The van der Waals surface area contributed by atoms with Crippen molar-refractivity contribution in [2.75, 3.05) is 13.7 Å². The molecule has 9 nitrogen and oxygen atoms in total. The summed E-state index contributed by atoms with van der Waals surface area (Å²) in [4.78, 5) is 24.7. The summed E-state index contributed by atoms with van der Waals surface area (Å²) < 4.78 is 20.3. The molecule has 3 aromatic rings. The van der Waals surface area contributed by atoms with Crippen molar-refractivity contribution in [1.29, 1.82) is 5.26 Å². The zero-order valence-corrected chi connectivity index (χ0v) is 18.2. The maximum absolute atomic E-state index is 13.9. The van der Waals surface area contributed by atoms with Gasteiger partial charge in [-0.3, -0.25) is 9.59 Å². The topological polar surface area (TPSA) is 122 Å². The summed E-state index contributed by atoms with van der Waals surface area (Å²) in [6.07, 6.45) is 2.28. The number of nitrogens with one attached hydrogen (secondary N) is 2. The molecule has 33 heavy (non-hydrogen) atoms. The molecule has 2 amide bonds. The smallest absolute Gasteiger partial charge is 0.274 e. The second-order valence-corrected chi connectivity index (χ2v) is 7.10. The maximum atomic E-state index is 13.9. The van der Waals surface area contributed by atoms with E-state index in [0.29, 0.717) is 11.3 Å². The van der Waals surface area contributed by atoms with E-state index >= 15 is 0 Å². The molecule has 0 aliphatic rings. The summed E-state index contributed by atoms with van der Waals surface area (Å²) >= 11 is 0. The van der Waals surface area contributed by atoms with Crippen LogP contribution in [0.4, 0.5) is 4.39 Å². The van der Waals surface area contributed by atoms with E-state index in [1.165, 1.54) is 30.1 Å². The lowest BCUT2D eigenvalue weighted by Gasteiger charge is -2.11. The number of nitrogens with zero attached hydrogens (tertiary/aromatic N) is 4. The minimum absolute atomic E-state index is 0.0330. The number of aryl methyl sites for hydroxylation is 1. The fourth-order valence-electron chi connectivity index (χ4n) is 3.04. The van der Waals surface area contributed by atoms with Crippen molar-refractivity contribution in [3.63, 3.8) is 0 Å². The SMILES string of the molecule is CCc1ccc(C(C#N)NC(=O)c2cn(CCNC(=O)c3cc(OC)ccc3F)nn2)cc1. The molecular weight excluding hydrogens is 427 g/mol. The Morgan fingerprint density at radius 3 is 2.64 bits per heavy atom. The third-order valence-corrected chi connectivity index (χ3v) is 4.94. The van der Waals surface area contributed by atoms with Gasteiger partial charge >= 0.3 is 0 Å². The van der Waals surface area contributed by atoms with E-state index in [1.54, 1.807) is 12.1 Å². The van der Waals surface area contributed by atoms with Crippen LogP contribution >= 0.6 is 0 Å². The van der Waals surface area contributed by atoms with Gasteiger partial charge in [0.1, 0.15) is 17.6 Å². The minimum atomic E-state index is -0.828. The standard InChI is InChI=1S/C23H23FN6O3/c1-3-15-4-6-16(7-5-15)20(13-25)27-23(32)21-14-30(29-28-21)11-10-26-22(31)18-12-17(33-2)8-9-19(18)24/h4-9,12,14,20H,3,10-11H2,1-2H3,(H,26,31)(H,27,32). The highest BCUT2D eigenvalue weighted by atomic mass is 19.1. The number of hydrogen-bond acceptors (Lipinski definition) is 6. The first-order chi connectivity index (χ1) is 15.9. The van der Waals surface area contributed by atoms with E-state index in [9.17, 15) is 19.2 Å². The zero-order chi connectivity index (χ0) is 23.8. The molecule has 10 heteroatoms. The molecule has 3 rings (SSSR count). The van der Waals surface area contributed by atoms with E-state index in [0.717, 1.165) is 18.1 Å². The van der Waals surface area contributed by atoms with Crippen molar-refractivity contribution in [1.82, 2.24) is 25.6 Å². The molecule has 2 aromatic carbocycles. The first-order valence-corrected chi connectivity index (χ1v) is 10.3. The van der Waals surface area contributed by atoms with Gasteiger partial charge in [-0.05, 0) is 35.7 Å². The molecule has 0 fully saturated rings. The average molecular weight is 450 g/mol.